The molecule has 0 aliphatic carbocycles. The van der Waals surface area contributed by atoms with Crippen molar-refractivity contribution < 1.29 is 17.6 Å². The molecule has 2 aromatic rings. The van der Waals surface area contributed by atoms with Gasteiger partial charge in [-0.3, -0.25) is 4.79 Å². The molecule has 1 heterocycles. The maximum absolute atomic E-state index is 12.9. The first kappa shape index (κ1) is 23.2. The van der Waals surface area contributed by atoms with E-state index in [4.69, 9.17) is 4.42 Å². The number of amides is 1. The highest BCUT2D eigenvalue weighted by Gasteiger charge is 2.23. The maximum Gasteiger partial charge on any atom is 0.241 e. The third-order valence-corrected chi connectivity index (χ3v) is 7.50. The largest absolute Gasteiger partial charge is 0.466 e. The van der Waals surface area contributed by atoms with Crippen LogP contribution in [0, 0.1) is 48.5 Å². The number of carbonyl (C=O) groups excluding carboxylic acids is 1. The van der Waals surface area contributed by atoms with Crippen LogP contribution in [0.5, 0.6) is 0 Å². The van der Waals surface area contributed by atoms with Gasteiger partial charge in [-0.1, -0.05) is 0 Å². The molecule has 6 nitrogen and oxygen atoms in total. The zero-order valence-electron chi connectivity index (χ0n) is 18.6. The van der Waals surface area contributed by atoms with Crippen molar-refractivity contribution in [2.45, 2.75) is 72.7 Å². The Balaban J connectivity index is 2.05. The summed E-state index contributed by atoms with van der Waals surface area (Å²) in [6.07, 6.45) is 0.0569. The topological polar surface area (TPSA) is 88.4 Å². The van der Waals surface area contributed by atoms with Gasteiger partial charge in [0, 0.05) is 18.5 Å². The number of hydrogen-bond acceptors (Lipinski definition) is 4. The van der Waals surface area contributed by atoms with E-state index in [1.165, 1.54) is 0 Å². The molecule has 0 spiro atoms. The highest BCUT2D eigenvalue weighted by atomic mass is 32.2. The van der Waals surface area contributed by atoms with Crippen LogP contribution >= 0.6 is 0 Å². The van der Waals surface area contributed by atoms with E-state index in [1.807, 2.05) is 61.5 Å². The molecule has 2 N–H and O–H groups in total. The van der Waals surface area contributed by atoms with Crippen LogP contribution in [0.15, 0.2) is 15.4 Å². The van der Waals surface area contributed by atoms with Crippen LogP contribution in [0.25, 0.3) is 0 Å². The summed E-state index contributed by atoms with van der Waals surface area (Å²) >= 11 is 0. The average Bonchev–Trinajstić information content (AvgIpc) is 2.96. The van der Waals surface area contributed by atoms with Crippen LogP contribution in [0.1, 0.15) is 64.3 Å². The molecule has 0 aliphatic rings. The molecule has 0 fully saturated rings. The van der Waals surface area contributed by atoms with Gasteiger partial charge in [-0.15, -0.1) is 0 Å². The molecular weight excluding hydrogens is 388 g/mol. The summed E-state index contributed by atoms with van der Waals surface area (Å²) in [4.78, 5) is 12.6. The van der Waals surface area contributed by atoms with Crippen molar-refractivity contribution in [3.63, 3.8) is 0 Å². The van der Waals surface area contributed by atoms with E-state index < -0.39 is 10.0 Å². The van der Waals surface area contributed by atoms with Gasteiger partial charge in [0.1, 0.15) is 11.5 Å². The Bertz CT molecular complexity index is 1010. The Morgan fingerprint density at radius 1 is 0.966 bits per heavy atom. The fourth-order valence-corrected chi connectivity index (χ4v) is 5.34. The lowest BCUT2D eigenvalue weighted by Crippen LogP contribution is -2.32. The first-order chi connectivity index (χ1) is 13.4. The van der Waals surface area contributed by atoms with E-state index in [2.05, 4.69) is 10.0 Å². The third-order valence-electron chi connectivity index (χ3n) is 5.77. The minimum Gasteiger partial charge on any atom is -0.466 e. The quantitative estimate of drug-likeness (QED) is 0.709. The van der Waals surface area contributed by atoms with Crippen LogP contribution in [0.4, 0.5) is 0 Å². The number of rotatable bonds is 7. The van der Waals surface area contributed by atoms with Crippen molar-refractivity contribution in [1.82, 2.24) is 10.0 Å². The summed E-state index contributed by atoms with van der Waals surface area (Å²) in [6, 6.07) is 1.69. The van der Waals surface area contributed by atoms with Crippen LogP contribution < -0.4 is 10.0 Å². The molecule has 1 aromatic heterocycles. The number of furan rings is 1. The number of nitrogens with one attached hydrogen (secondary N) is 2. The van der Waals surface area contributed by atoms with Gasteiger partial charge in [0.2, 0.25) is 15.9 Å². The first-order valence-electron chi connectivity index (χ1n) is 9.79. The molecular formula is C22H32N2O4S. The number of aryl methyl sites for hydroxylation is 2. The monoisotopic (exact) mass is 420 g/mol. The number of benzene rings is 1. The van der Waals surface area contributed by atoms with Crippen molar-refractivity contribution in [3.05, 3.63) is 51.0 Å². The second-order valence-electron chi connectivity index (χ2n) is 7.76. The van der Waals surface area contributed by atoms with Crippen molar-refractivity contribution in [2.75, 3.05) is 6.54 Å². The Kier molecular flexibility index (Phi) is 6.96. The summed E-state index contributed by atoms with van der Waals surface area (Å²) in [5, 5.41) is 2.89. The molecule has 0 radical (unpaired) electrons. The smallest absolute Gasteiger partial charge is 0.241 e. The van der Waals surface area contributed by atoms with E-state index in [9.17, 15) is 13.2 Å². The molecule has 160 valence electrons. The molecule has 29 heavy (non-hydrogen) atoms. The van der Waals surface area contributed by atoms with E-state index >= 15 is 0 Å². The second-order valence-corrected chi connectivity index (χ2v) is 9.46. The van der Waals surface area contributed by atoms with E-state index in [0.29, 0.717) is 4.90 Å². The van der Waals surface area contributed by atoms with E-state index in [-0.39, 0.29) is 24.9 Å². The van der Waals surface area contributed by atoms with Gasteiger partial charge in [0.05, 0.1) is 10.9 Å². The van der Waals surface area contributed by atoms with Gasteiger partial charge in [0.15, 0.2) is 0 Å². The molecule has 0 saturated heterocycles. The normalized spacial score (nSPS) is 12.8. The fourth-order valence-electron chi connectivity index (χ4n) is 3.71. The average molecular weight is 421 g/mol. The lowest BCUT2D eigenvalue weighted by atomic mass is 9.95. The molecule has 1 aromatic carbocycles. The van der Waals surface area contributed by atoms with Gasteiger partial charge in [-0.25, -0.2) is 13.1 Å². The lowest BCUT2D eigenvalue weighted by Gasteiger charge is -2.19. The minimum absolute atomic E-state index is 0.0368. The van der Waals surface area contributed by atoms with Crippen LogP contribution in [0.3, 0.4) is 0 Å². The minimum atomic E-state index is -3.71. The highest BCUT2D eigenvalue weighted by Crippen LogP contribution is 2.29. The van der Waals surface area contributed by atoms with Gasteiger partial charge < -0.3 is 9.73 Å². The summed E-state index contributed by atoms with van der Waals surface area (Å²) in [5.74, 6) is 1.34. The Hall–Kier alpha value is -2.12. The molecule has 1 amide bonds. The summed E-state index contributed by atoms with van der Waals surface area (Å²) in [5.41, 5.74) is 5.49. The first-order valence-corrected chi connectivity index (χ1v) is 11.3. The molecule has 0 saturated carbocycles. The Morgan fingerprint density at radius 2 is 1.48 bits per heavy atom. The predicted octanol–water partition coefficient (Wildman–Crippen LogP) is 3.98. The maximum atomic E-state index is 12.9. The molecule has 1 atom stereocenters. The molecule has 7 heteroatoms. The number of sulfonamides is 1. The van der Waals surface area contributed by atoms with Crippen LogP contribution in [0.2, 0.25) is 0 Å². The predicted molar refractivity (Wildman–Crippen MR) is 115 cm³/mol. The van der Waals surface area contributed by atoms with Gasteiger partial charge in [-0.05, 0) is 89.3 Å². The van der Waals surface area contributed by atoms with Crippen LogP contribution in [-0.4, -0.2) is 20.9 Å². The van der Waals surface area contributed by atoms with Crippen molar-refractivity contribution >= 4 is 15.9 Å². The Labute approximate surface area is 174 Å². The van der Waals surface area contributed by atoms with Crippen molar-refractivity contribution in [1.29, 1.82) is 0 Å². The summed E-state index contributed by atoms with van der Waals surface area (Å²) in [6.45, 7) is 15.2. The standard InChI is InChI=1S/C22H32N2O4S/c1-12-11-20(19(8)28-12)18(7)24-21(25)9-10-23-29(26,27)22-16(5)14(3)13(2)15(4)17(22)6/h11,18,23H,9-10H2,1-8H3,(H,24,25). The highest BCUT2D eigenvalue weighted by molar-refractivity contribution is 7.89. The van der Waals surface area contributed by atoms with Gasteiger partial charge in [-0.2, -0.15) is 0 Å². The van der Waals surface area contributed by atoms with Crippen molar-refractivity contribution in [3.8, 4) is 0 Å². The zero-order chi connectivity index (χ0) is 22.1. The van der Waals surface area contributed by atoms with Crippen LogP contribution in [-0.2, 0) is 14.8 Å². The van der Waals surface area contributed by atoms with Gasteiger partial charge >= 0.3 is 0 Å². The summed E-state index contributed by atoms with van der Waals surface area (Å²) < 4.78 is 33.9. The van der Waals surface area contributed by atoms with Crippen molar-refractivity contribution in [2.24, 2.45) is 0 Å². The van der Waals surface area contributed by atoms with E-state index in [1.54, 1.807) is 0 Å². The SMILES string of the molecule is Cc1cc(C(C)NC(=O)CCNS(=O)(=O)c2c(C)c(C)c(C)c(C)c2C)c(C)o1. The number of carbonyl (C=O) groups is 1. The van der Waals surface area contributed by atoms with Gasteiger partial charge in [0.25, 0.3) is 0 Å². The fraction of sp³-hybridized carbons (Fsp3) is 0.500. The lowest BCUT2D eigenvalue weighted by molar-refractivity contribution is -0.121. The third kappa shape index (κ3) is 4.90. The van der Waals surface area contributed by atoms with E-state index in [0.717, 1.165) is 44.9 Å². The molecule has 0 bridgehead atoms. The molecule has 1 unspecified atom stereocenters. The summed E-state index contributed by atoms with van der Waals surface area (Å²) in [7, 11) is -3.71. The number of hydrogen-bond donors (Lipinski definition) is 2. The zero-order valence-corrected chi connectivity index (χ0v) is 19.4. The molecule has 2 rings (SSSR count). The second kappa shape index (κ2) is 8.71. The Morgan fingerprint density at radius 3 is 1.97 bits per heavy atom. The molecule has 0 aliphatic heterocycles.